The Hall–Kier alpha value is -0.690. The van der Waals surface area contributed by atoms with Crippen molar-refractivity contribution in [1.82, 2.24) is 0 Å². The fourth-order valence-corrected chi connectivity index (χ4v) is 1.56. The Labute approximate surface area is 85.3 Å². The van der Waals surface area contributed by atoms with Gasteiger partial charge in [0.1, 0.15) is 0 Å². The molecule has 0 radical (unpaired) electrons. The number of rotatable bonds is 3. The van der Waals surface area contributed by atoms with Crippen molar-refractivity contribution in [2.45, 2.75) is 6.04 Å². The van der Waals surface area contributed by atoms with E-state index < -0.39 is 4.92 Å². The van der Waals surface area contributed by atoms with Crippen LogP contribution in [0.1, 0.15) is 11.6 Å². The quantitative estimate of drug-likeness (QED) is 0.591. The van der Waals surface area contributed by atoms with E-state index >= 15 is 0 Å². The fraction of sp³-hybridized carbons (Fsp3) is 0.333. The number of hydrogen-bond donors (Lipinski definition) is 2. The molecule has 5 nitrogen and oxygen atoms in total. The van der Waals surface area contributed by atoms with E-state index in [1.165, 1.54) is 6.07 Å². The van der Waals surface area contributed by atoms with Gasteiger partial charge in [-0.05, 0) is 5.56 Å². The topological polar surface area (TPSA) is 95.2 Å². The van der Waals surface area contributed by atoms with E-state index in [4.69, 9.17) is 11.5 Å². The molecule has 74 valence electrons. The Kier molecular flexibility index (Phi) is 4.86. The van der Waals surface area contributed by atoms with Gasteiger partial charge in [-0.2, -0.15) is 0 Å². The largest absolute Gasteiger partial charge is 0.329 e. The molecule has 1 heterocycles. The third-order valence-corrected chi connectivity index (χ3v) is 2.37. The van der Waals surface area contributed by atoms with Gasteiger partial charge in [-0.25, -0.2) is 0 Å². The van der Waals surface area contributed by atoms with Crippen LogP contribution in [0.3, 0.4) is 0 Å². The molecule has 0 fully saturated rings. The average molecular weight is 224 g/mol. The van der Waals surface area contributed by atoms with Gasteiger partial charge >= 0.3 is 5.00 Å². The number of thiophene rings is 1. The van der Waals surface area contributed by atoms with Gasteiger partial charge in [0.05, 0.1) is 4.92 Å². The van der Waals surface area contributed by atoms with Crippen LogP contribution in [0.5, 0.6) is 0 Å². The van der Waals surface area contributed by atoms with Crippen LogP contribution in [0.4, 0.5) is 5.00 Å². The van der Waals surface area contributed by atoms with E-state index in [9.17, 15) is 10.1 Å². The maximum atomic E-state index is 10.3. The molecule has 0 unspecified atom stereocenters. The smallest absolute Gasteiger partial charge is 0.324 e. The summed E-state index contributed by atoms with van der Waals surface area (Å²) < 4.78 is 0. The standard InChI is InChI=1S/C6H9N3O2S.ClH/c7-2-5(8)4-1-6(9(10)11)12-3-4;/h1,3,5H,2,7-8H2;1H/t5-;/m0./s1. The highest BCUT2D eigenvalue weighted by Crippen LogP contribution is 2.25. The second-order valence-electron chi connectivity index (χ2n) is 2.32. The second-order valence-corrected chi connectivity index (χ2v) is 3.21. The third kappa shape index (κ3) is 2.92. The van der Waals surface area contributed by atoms with Gasteiger partial charge in [0.15, 0.2) is 0 Å². The summed E-state index contributed by atoms with van der Waals surface area (Å²) in [5, 5.41) is 12.0. The molecule has 0 spiro atoms. The van der Waals surface area contributed by atoms with E-state index in [1.54, 1.807) is 5.38 Å². The van der Waals surface area contributed by atoms with Crippen LogP contribution in [0, 0.1) is 10.1 Å². The molecule has 0 aliphatic carbocycles. The lowest BCUT2D eigenvalue weighted by Crippen LogP contribution is -2.19. The molecule has 1 aromatic rings. The van der Waals surface area contributed by atoms with Crippen LogP contribution in [-0.2, 0) is 0 Å². The molecule has 13 heavy (non-hydrogen) atoms. The first-order valence-electron chi connectivity index (χ1n) is 3.33. The van der Waals surface area contributed by atoms with Gasteiger partial charge in [0.2, 0.25) is 0 Å². The Morgan fingerprint density at radius 1 is 1.69 bits per heavy atom. The molecule has 0 bridgehead atoms. The van der Waals surface area contributed by atoms with Gasteiger partial charge in [-0.3, -0.25) is 10.1 Å². The summed E-state index contributed by atoms with van der Waals surface area (Å²) in [7, 11) is 0. The lowest BCUT2D eigenvalue weighted by molar-refractivity contribution is -0.380. The summed E-state index contributed by atoms with van der Waals surface area (Å²) in [4.78, 5) is 9.84. The molecule has 1 rings (SSSR count). The summed E-state index contributed by atoms with van der Waals surface area (Å²) in [5.41, 5.74) is 11.6. The second kappa shape index (κ2) is 5.13. The normalized spacial score (nSPS) is 11.8. The monoisotopic (exact) mass is 223 g/mol. The summed E-state index contributed by atoms with van der Waals surface area (Å²) >= 11 is 1.07. The van der Waals surface area contributed by atoms with Crippen molar-refractivity contribution < 1.29 is 4.92 Å². The maximum absolute atomic E-state index is 10.3. The summed E-state index contributed by atoms with van der Waals surface area (Å²) in [5.74, 6) is 0. The Morgan fingerprint density at radius 3 is 2.69 bits per heavy atom. The minimum absolute atomic E-state index is 0. The summed E-state index contributed by atoms with van der Waals surface area (Å²) in [6.45, 7) is 0.299. The van der Waals surface area contributed by atoms with Crippen LogP contribution < -0.4 is 11.5 Å². The first-order chi connectivity index (χ1) is 5.65. The van der Waals surface area contributed by atoms with Crippen LogP contribution in [0.25, 0.3) is 0 Å². The van der Waals surface area contributed by atoms with Gasteiger partial charge in [-0.15, -0.1) is 12.4 Å². The van der Waals surface area contributed by atoms with Crippen molar-refractivity contribution in [3.63, 3.8) is 0 Å². The van der Waals surface area contributed by atoms with Crippen molar-refractivity contribution in [2.75, 3.05) is 6.54 Å². The maximum Gasteiger partial charge on any atom is 0.324 e. The van der Waals surface area contributed by atoms with Gasteiger partial charge in [0, 0.05) is 24.0 Å². The first-order valence-corrected chi connectivity index (χ1v) is 4.21. The molecule has 0 aliphatic rings. The van der Waals surface area contributed by atoms with Crippen LogP contribution in [0.15, 0.2) is 11.4 Å². The average Bonchev–Trinajstić information content (AvgIpc) is 2.51. The number of nitrogens with two attached hydrogens (primary N) is 2. The SMILES string of the molecule is Cl.NC[C@H](N)c1csc([N+](=O)[O-])c1. The Bertz CT molecular complexity index is 291. The lowest BCUT2D eigenvalue weighted by Gasteiger charge is -2.02. The van der Waals surface area contributed by atoms with E-state index in [0.29, 0.717) is 6.54 Å². The van der Waals surface area contributed by atoms with Crippen molar-refractivity contribution in [3.05, 3.63) is 27.1 Å². The predicted molar refractivity (Wildman–Crippen MR) is 54.2 cm³/mol. The lowest BCUT2D eigenvalue weighted by atomic mass is 10.2. The zero-order chi connectivity index (χ0) is 9.14. The Morgan fingerprint density at radius 2 is 2.31 bits per heavy atom. The van der Waals surface area contributed by atoms with Gasteiger partial charge in [-0.1, -0.05) is 11.3 Å². The van der Waals surface area contributed by atoms with Crippen molar-refractivity contribution in [1.29, 1.82) is 0 Å². The molecule has 0 aromatic carbocycles. The van der Waals surface area contributed by atoms with Crippen LogP contribution >= 0.6 is 23.7 Å². The molecule has 1 atom stereocenters. The highest BCUT2D eigenvalue weighted by molar-refractivity contribution is 7.13. The molecule has 0 aliphatic heterocycles. The van der Waals surface area contributed by atoms with E-state index in [-0.39, 0.29) is 23.4 Å². The highest BCUT2D eigenvalue weighted by Gasteiger charge is 2.12. The zero-order valence-electron chi connectivity index (χ0n) is 6.67. The van der Waals surface area contributed by atoms with E-state index in [0.717, 1.165) is 16.9 Å². The minimum Gasteiger partial charge on any atom is -0.329 e. The number of nitro groups is 1. The van der Waals surface area contributed by atoms with Crippen molar-refractivity contribution >= 4 is 28.7 Å². The van der Waals surface area contributed by atoms with Crippen LogP contribution in [-0.4, -0.2) is 11.5 Å². The molecular formula is C6H10ClN3O2S. The van der Waals surface area contributed by atoms with Crippen molar-refractivity contribution in [3.8, 4) is 0 Å². The molecule has 4 N–H and O–H groups in total. The predicted octanol–water partition coefficient (Wildman–Crippen LogP) is 1.04. The number of halogens is 1. The summed E-state index contributed by atoms with van der Waals surface area (Å²) in [6, 6.07) is 1.16. The number of nitrogens with zero attached hydrogens (tertiary/aromatic N) is 1. The van der Waals surface area contributed by atoms with Gasteiger partial charge < -0.3 is 11.5 Å². The molecule has 0 amide bonds. The molecule has 1 aromatic heterocycles. The molecule has 0 saturated heterocycles. The van der Waals surface area contributed by atoms with Gasteiger partial charge in [0.25, 0.3) is 0 Å². The van der Waals surface area contributed by atoms with Crippen molar-refractivity contribution in [2.24, 2.45) is 11.5 Å². The molecular weight excluding hydrogens is 214 g/mol. The third-order valence-electron chi connectivity index (χ3n) is 1.47. The zero-order valence-corrected chi connectivity index (χ0v) is 8.31. The number of hydrogen-bond acceptors (Lipinski definition) is 5. The minimum atomic E-state index is -0.433. The van der Waals surface area contributed by atoms with E-state index in [2.05, 4.69) is 0 Å². The fourth-order valence-electron chi connectivity index (χ4n) is 0.765. The first kappa shape index (κ1) is 12.3. The molecule has 7 heteroatoms. The Balaban J connectivity index is 0.00000144. The molecule has 0 saturated carbocycles. The van der Waals surface area contributed by atoms with E-state index in [1.807, 2.05) is 0 Å². The highest BCUT2D eigenvalue weighted by atomic mass is 35.5. The summed E-state index contributed by atoms with van der Waals surface area (Å²) in [6.07, 6.45) is 0. The van der Waals surface area contributed by atoms with Crippen LogP contribution in [0.2, 0.25) is 0 Å².